The monoisotopic (exact) mass is 212 g/mol. The Morgan fingerprint density at radius 1 is 1.27 bits per heavy atom. The molecule has 0 amide bonds. The molecule has 1 rings (SSSR count). The fraction of sp³-hybridized carbons (Fsp3) is 0.923. The molecule has 0 atom stereocenters. The van der Waals surface area contributed by atoms with Gasteiger partial charge in [-0.1, -0.05) is 33.1 Å². The maximum absolute atomic E-state index is 11.7. The van der Waals surface area contributed by atoms with Gasteiger partial charge in [-0.15, -0.1) is 0 Å². The summed E-state index contributed by atoms with van der Waals surface area (Å²) in [5.41, 5.74) is 0. The molecular formula is C13H24O2. The summed E-state index contributed by atoms with van der Waals surface area (Å²) >= 11 is 0. The van der Waals surface area contributed by atoms with Crippen molar-refractivity contribution < 1.29 is 9.53 Å². The van der Waals surface area contributed by atoms with Crippen molar-refractivity contribution in [3.8, 4) is 0 Å². The van der Waals surface area contributed by atoms with Crippen LogP contribution in [0.5, 0.6) is 0 Å². The van der Waals surface area contributed by atoms with Crippen LogP contribution in [0.4, 0.5) is 0 Å². The highest BCUT2D eigenvalue weighted by atomic mass is 16.5. The lowest BCUT2D eigenvalue weighted by Crippen LogP contribution is -2.22. The molecule has 1 saturated carbocycles. The van der Waals surface area contributed by atoms with Gasteiger partial charge >= 0.3 is 0 Å². The quantitative estimate of drug-likeness (QED) is 0.632. The molecule has 0 saturated heterocycles. The van der Waals surface area contributed by atoms with E-state index in [-0.39, 0.29) is 0 Å². The van der Waals surface area contributed by atoms with Crippen molar-refractivity contribution in [3.05, 3.63) is 0 Å². The van der Waals surface area contributed by atoms with Crippen molar-refractivity contribution >= 4 is 5.78 Å². The van der Waals surface area contributed by atoms with Crippen molar-refractivity contribution in [1.29, 1.82) is 0 Å². The summed E-state index contributed by atoms with van der Waals surface area (Å²) in [5, 5.41) is 0. The summed E-state index contributed by atoms with van der Waals surface area (Å²) < 4.78 is 5.41. The molecule has 0 aromatic heterocycles. The van der Waals surface area contributed by atoms with E-state index >= 15 is 0 Å². The maximum atomic E-state index is 11.7. The van der Waals surface area contributed by atoms with E-state index in [1.807, 2.05) is 0 Å². The molecule has 0 heterocycles. The fourth-order valence-corrected chi connectivity index (χ4v) is 2.03. The molecule has 0 radical (unpaired) electrons. The van der Waals surface area contributed by atoms with Crippen LogP contribution in [0.25, 0.3) is 0 Å². The van der Waals surface area contributed by atoms with Crippen molar-refractivity contribution in [2.45, 2.75) is 52.4 Å². The summed E-state index contributed by atoms with van der Waals surface area (Å²) in [6, 6.07) is 0. The number of Topliss-reactive ketones (excluding diaryl/α,β-unsaturated/α-hetero) is 1. The highest BCUT2D eigenvalue weighted by molar-refractivity contribution is 5.82. The molecule has 0 aliphatic heterocycles. The molecule has 1 fully saturated rings. The van der Waals surface area contributed by atoms with E-state index in [0.29, 0.717) is 24.2 Å². The normalized spacial score (nSPS) is 18.3. The van der Waals surface area contributed by atoms with E-state index in [1.54, 1.807) is 0 Å². The van der Waals surface area contributed by atoms with E-state index in [2.05, 4.69) is 13.8 Å². The standard InChI is InChI=1S/C13H24O2/c1-11(2)8-9-15-10-13(14)12-6-4-3-5-7-12/h11-12H,3-10H2,1-2H3. The average Bonchev–Trinajstić information content (AvgIpc) is 2.25. The van der Waals surface area contributed by atoms with E-state index < -0.39 is 0 Å². The molecule has 2 heteroatoms. The molecule has 2 nitrogen and oxygen atoms in total. The minimum Gasteiger partial charge on any atom is -0.374 e. The molecule has 1 aliphatic rings. The topological polar surface area (TPSA) is 26.3 Å². The van der Waals surface area contributed by atoms with E-state index in [1.165, 1.54) is 19.3 Å². The predicted octanol–water partition coefficient (Wildman–Crippen LogP) is 3.20. The van der Waals surface area contributed by atoms with Gasteiger partial charge in [0.2, 0.25) is 0 Å². The van der Waals surface area contributed by atoms with Crippen LogP contribution in [-0.2, 0) is 9.53 Å². The SMILES string of the molecule is CC(C)CCOCC(=O)C1CCCCC1. The lowest BCUT2D eigenvalue weighted by Gasteiger charge is -2.20. The van der Waals surface area contributed by atoms with Crippen LogP contribution in [0.1, 0.15) is 52.4 Å². The van der Waals surface area contributed by atoms with Gasteiger partial charge in [-0.2, -0.15) is 0 Å². The van der Waals surface area contributed by atoms with Crippen LogP contribution in [0.15, 0.2) is 0 Å². The number of rotatable bonds is 6. The molecular weight excluding hydrogens is 188 g/mol. The van der Waals surface area contributed by atoms with Crippen LogP contribution >= 0.6 is 0 Å². The number of carbonyl (C=O) groups excluding carboxylic acids is 1. The zero-order valence-electron chi connectivity index (χ0n) is 10.1. The van der Waals surface area contributed by atoms with Crippen LogP contribution in [0, 0.1) is 11.8 Å². The number of hydrogen-bond acceptors (Lipinski definition) is 2. The number of ketones is 1. The number of hydrogen-bond donors (Lipinski definition) is 0. The van der Waals surface area contributed by atoms with Gasteiger partial charge < -0.3 is 4.74 Å². The van der Waals surface area contributed by atoms with Gasteiger partial charge in [0.1, 0.15) is 6.61 Å². The number of carbonyl (C=O) groups is 1. The Kier molecular flexibility index (Phi) is 5.92. The molecule has 1 aliphatic carbocycles. The van der Waals surface area contributed by atoms with Gasteiger partial charge in [0, 0.05) is 12.5 Å². The first-order valence-corrected chi connectivity index (χ1v) is 6.30. The molecule has 0 bridgehead atoms. The first kappa shape index (κ1) is 12.7. The third-order valence-electron chi connectivity index (χ3n) is 3.14. The minimum atomic E-state index is 0.304. The number of ether oxygens (including phenoxy) is 1. The third-order valence-corrected chi connectivity index (χ3v) is 3.14. The largest absolute Gasteiger partial charge is 0.374 e. The summed E-state index contributed by atoms with van der Waals surface area (Å²) in [7, 11) is 0. The molecule has 0 aromatic carbocycles. The summed E-state index contributed by atoms with van der Waals surface area (Å²) in [6.07, 6.45) is 6.99. The second-order valence-electron chi connectivity index (χ2n) is 5.04. The Hall–Kier alpha value is -0.370. The second kappa shape index (κ2) is 7.00. The Morgan fingerprint density at radius 3 is 2.53 bits per heavy atom. The van der Waals surface area contributed by atoms with Crippen LogP contribution in [-0.4, -0.2) is 19.0 Å². The van der Waals surface area contributed by atoms with Gasteiger partial charge in [-0.3, -0.25) is 4.79 Å². The molecule has 0 aromatic rings. The fourth-order valence-electron chi connectivity index (χ4n) is 2.03. The van der Waals surface area contributed by atoms with Gasteiger partial charge in [0.15, 0.2) is 5.78 Å². The van der Waals surface area contributed by atoms with Crippen LogP contribution in [0.2, 0.25) is 0 Å². The summed E-state index contributed by atoms with van der Waals surface area (Å²) in [5.74, 6) is 1.30. The molecule has 0 N–H and O–H groups in total. The Bertz CT molecular complexity index is 181. The zero-order valence-corrected chi connectivity index (χ0v) is 10.1. The van der Waals surface area contributed by atoms with Gasteiger partial charge in [0.05, 0.1) is 0 Å². The van der Waals surface area contributed by atoms with E-state index in [0.717, 1.165) is 25.9 Å². The van der Waals surface area contributed by atoms with Crippen molar-refractivity contribution in [2.24, 2.45) is 11.8 Å². The molecule has 0 spiro atoms. The summed E-state index contributed by atoms with van der Waals surface area (Å²) in [4.78, 5) is 11.7. The lowest BCUT2D eigenvalue weighted by atomic mass is 9.86. The van der Waals surface area contributed by atoms with Gasteiger partial charge in [-0.05, 0) is 25.2 Å². The van der Waals surface area contributed by atoms with Gasteiger partial charge in [0.25, 0.3) is 0 Å². The zero-order chi connectivity index (χ0) is 11.1. The Morgan fingerprint density at radius 2 is 1.93 bits per heavy atom. The molecule has 15 heavy (non-hydrogen) atoms. The Balaban J connectivity index is 2.07. The van der Waals surface area contributed by atoms with E-state index in [9.17, 15) is 4.79 Å². The van der Waals surface area contributed by atoms with E-state index in [4.69, 9.17) is 4.74 Å². The maximum Gasteiger partial charge on any atom is 0.161 e. The first-order valence-electron chi connectivity index (χ1n) is 6.30. The molecule has 0 unspecified atom stereocenters. The van der Waals surface area contributed by atoms with Crippen LogP contribution in [0.3, 0.4) is 0 Å². The minimum absolute atomic E-state index is 0.304. The smallest absolute Gasteiger partial charge is 0.161 e. The second-order valence-corrected chi connectivity index (χ2v) is 5.04. The van der Waals surface area contributed by atoms with Gasteiger partial charge in [-0.25, -0.2) is 0 Å². The van der Waals surface area contributed by atoms with Crippen molar-refractivity contribution in [1.82, 2.24) is 0 Å². The van der Waals surface area contributed by atoms with Crippen molar-refractivity contribution in [3.63, 3.8) is 0 Å². The highest BCUT2D eigenvalue weighted by Crippen LogP contribution is 2.24. The first-order chi connectivity index (χ1) is 7.20. The predicted molar refractivity (Wildman–Crippen MR) is 61.9 cm³/mol. The lowest BCUT2D eigenvalue weighted by molar-refractivity contribution is -0.128. The average molecular weight is 212 g/mol. The molecule has 88 valence electrons. The van der Waals surface area contributed by atoms with Crippen molar-refractivity contribution in [2.75, 3.05) is 13.2 Å². The third kappa shape index (κ3) is 5.31. The Labute approximate surface area is 93.4 Å². The summed E-state index contributed by atoms with van der Waals surface area (Å²) in [6.45, 7) is 5.42. The van der Waals surface area contributed by atoms with Crippen LogP contribution < -0.4 is 0 Å². The highest BCUT2D eigenvalue weighted by Gasteiger charge is 2.20.